The molecule has 3 rings (SSSR count). The summed E-state index contributed by atoms with van der Waals surface area (Å²) in [5, 5.41) is 4.14. The van der Waals surface area contributed by atoms with Crippen LogP contribution in [0.15, 0.2) is 4.52 Å². The Bertz CT molecular complexity index is 461. The molecule has 0 spiro atoms. The summed E-state index contributed by atoms with van der Waals surface area (Å²) >= 11 is 0. The lowest BCUT2D eigenvalue weighted by Crippen LogP contribution is -2.53. The monoisotopic (exact) mass is 308 g/mol. The van der Waals surface area contributed by atoms with Gasteiger partial charge in [0, 0.05) is 44.7 Å². The van der Waals surface area contributed by atoms with Gasteiger partial charge in [-0.1, -0.05) is 12.1 Å². The Kier molecular flexibility index (Phi) is 5.44. The quantitative estimate of drug-likeness (QED) is 0.684. The van der Waals surface area contributed by atoms with E-state index in [9.17, 15) is 0 Å². The molecule has 0 aromatic carbocycles. The molecule has 22 heavy (non-hydrogen) atoms. The van der Waals surface area contributed by atoms with Crippen LogP contribution < -0.4 is 0 Å². The van der Waals surface area contributed by atoms with E-state index in [0.717, 1.165) is 57.7 Å². The van der Waals surface area contributed by atoms with Crippen LogP contribution in [0.5, 0.6) is 0 Å². The molecule has 1 saturated carbocycles. The Morgan fingerprint density at radius 2 is 2.14 bits per heavy atom. The maximum absolute atomic E-state index is 5.49. The molecule has 1 aromatic rings. The van der Waals surface area contributed by atoms with Gasteiger partial charge in [0.25, 0.3) is 0 Å². The molecule has 1 aromatic heterocycles. The number of hydrogen-bond acceptors (Lipinski definition) is 6. The Balaban J connectivity index is 1.48. The maximum Gasteiger partial charge on any atom is 0.229 e. The van der Waals surface area contributed by atoms with Crippen LogP contribution in [0.3, 0.4) is 0 Å². The van der Waals surface area contributed by atoms with Crippen LogP contribution in [0, 0.1) is 0 Å². The van der Waals surface area contributed by atoms with Gasteiger partial charge in [-0.25, -0.2) is 0 Å². The third kappa shape index (κ3) is 4.06. The van der Waals surface area contributed by atoms with E-state index in [1.807, 2.05) is 0 Å². The van der Waals surface area contributed by atoms with Crippen molar-refractivity contribution < 1.29 is 9.26 Å². The van der Waals surface area contributed by atoms with Crippen molar-refractivity contribution in [3.8, 4) is 0 Å². The molecular weight excluding hydrogens is 280 g/mol. The van der Waals surface area contributed by atoms with Gasteiger partial charge in [0.05, 0.1) is 13.2 Å². The summed E-state index contributed by atoms with van der Waals surface area (Å²) in [5.41, 5.74) is 0. The van der Waals surface area contributed by atoms with Crippen molar-refractivity contribution in [2.75, 3.05) is 39.4 Å². The Morgan fingerprint density at radius 3 is 2.86 bits per heavy atom. The summed E-state index contributed by atoms with van der Waals surface area (Å²) in [6.45, 7) is 11.0. The van der Waals surface area contributed by atoms with Crippen molar-refractivity contribution in [3.63, 3.8) is 0 Å². The molecule has 1 atom stereocenters. The van der Waals surface area contributed by atoms with Gasteiger partial charge in [-0.15, -0.1) is 0 Å². The first-order valence-corrected chi connectivity index (χ1v) is 8.66. The van der Waals surface area contributed by atoms with Gasteiger partial charge in [0.2, 0.25) is 5.89 Å². The van der Waals surface area contributed by atoms with Crippen molar-refractivity contribution in [3.05, 3.63) is 11.7 Å². The van der Waals surface area contributed by atoms with Crippen molar-refractivity contribution >= 4 is 0 Å². The van der Waals surface area contributed by atoms with Crippen molar-refractivity contribution in [1.82, 2.24) is 19.9 Å². The molecule has 1 aliphatic carbocycles. The minimum Gasteiger partial charge on any atom is -0.380 e. The zero-order valence-electron chi connectivity index (χ0n) is 13.8. The summed E-state index contributed by atoms with van der Waals surface area (Å²) in [4.78, 5) is 9.55. The minimum absolute atomic E-state index is 0.542. The molecule has 0 amide bonds. The second kappa shape index (κ2) is 7.53. The Labute approximate surface area is 132 Å². The summed E-state index contributed by atoms with van der Waals surface area (Å²) in [5.74, 6) is 2.23. The number of aromatic nitrogens is 2. The summed E-state index contributed by atoms with van der Waals surface area (Å²) < 4.78 is 10.9. The molecule has 1 unspecified atom stereocenters. The van der Waals surface area contributed by atoms with Crippen molar-refractivity contribution in [2.24, 2.45) is 0 Å². The third-order valence-corrected chi connectivity index (χ3v) is 4.66. The van der Waals surface area contributed by atoms with Crippen LogP contribution in [-0.4, -0.2) is 65.4 Å². The smallest absolute Gasteiger partial charge is 0.229 e. The van der Waals surface area contributed by atoms with Crippen LogP contribution in [0.1, 0.15) is 50.7 Å². The first kappa shape index (κ1) is 15.9. The normalized spacial score (nSPS) is 24.0. The van der Waals surface area contributed by atoms with E-state index in [2.05, 4.69) is 33.8 Å². The molecule has 2 aliphatic rings. The zero-order chi connectivity index (χ0) is 15.4. The van der Waals surface area contributed by atoms with Crippen LogP contribution in [0.4, 0.5) is 0 Å². The van der Waals surface area contributed by atoms with E-state index in [4.69, 9.17) is 9.26 Å². The molecule has 1 saturated heterocycles. The van der Waals surface area contributed by atoms with E-state index >= 15 is 0 Å². The molecule has 2 heterocycles. The first-order chi connectivity index (χ1) is 10.8. The fourth-order valence-electron chi connectivity index (χ4n) is 3.14. The van der Waals surface area contributed by atoms with E-state index in [1.165, 1.54) is 19.3 Å². The lowest BCUT2D eigenvalue weighted by Gasteiger charge is -2.40. The van der Waals surface area contributed by atoms with Gasteiger partial charge in [0.1, 0.15) is 0 Å². The maximum atomic E-state index is 5.49. The Morgan fingerprint density at radius 1 is 1.27 bits per heavy atom. The van der Waals surface area contributed by atoms with Crippen LogP contribution in [-0.2, 0) is 11.3 Å². The lowest BCUT2D eigenvalue weighted by molar-refractivity contribution is 0.0374. The van der Waals surface area contributed by atoms with Crippen molar-refractivity contribution in [1.29, 1.82) is 0 Å². The molecule has 2 fully saturated rings. The fraction of sp³-hybridized carbons (Fsp3) is 0.875. The van der Waals surface area contributed by atoms with Gasteiger partial charge in [-0.05, 0) is 26.2 Å². The van der Waals surface area contributed by atoms with E-state index in [1.54, 1.807) is 0 Å². The van der Waals surface area contributed by atoms with Crippen LogP contribution in [0.25, 0.3) is 0 Å². The van der Waals surface area contributed by atoms with Gasteiger partial charge < -0.3 is 9.26 Å². The average Bonchev–Trinajstić information content (AvgIpc) is 3.29. The summed E-state index contributed by atoms with van der Waals surface area (Å²) in [6, 6.07) is 0.601. The topological polar surface area (TPSA) is 54.6 Å². The van der Waals surface area contributed by atoms with Gasteiger partial charge in [-0.3, -0.25) is 9.80 Å². The molecule has 0 N–H and O–H groups in total. The molecule has 1 aliphatic heterocycles. The summed E-state index contributed by atoms with van der Waals surface area (Å²) in [7, 11) is 0. The van der Waals surface area contributed by atoms with Crippen molar-refractivity contribution in [2.45, 2.75) is 51.6 Å². The number of nitrogens with zero attached hydrogens (tertiary/aromatic N) is 4. The first-order valence-electron chi connectivity index (χ1n) is 8.66. The summed E-state index contributed by atoms with van der Waals surface area (Å²) in [6.07, 6.45) is 3.58. The number of piperazine rings is 1. The second-order valence-corrected chi connectivity index (χ2v) is 6.35. The zero-order valence-corrected chi connectivity index (χ0v) is 13.8. The highest BCUT2D eigenvalue weighted by Gasteiger charge is 2.30. The highest BCUT2D eigenvalue weighted by molar-refractivity contribution is 5.01. The largest absolute Gasteiger partial charge is 0.380 e. The molecule has 0 radical (unpaired) electrons. The molecular formula is C16H28N4O2. The Hall–Kier alpha value is -0.980. The highest BCUT2D eigenvalue weighted by Crippen LogP contribution is 2.38. The lowest BCUT2D eigenvalue weighted by atomic mass is 10.1. The van der Waals surface area contributed by atoms with Gasteiger partial charge in [-0.2, -0.15) is 4.98 Å². The van der Waals surface area contributed by atoms with Gasteiger partial charge in [0.15, 0.2) is 5.82 Å². The second-order valence-electron chi connectivity index (χ2n) is 6.35. The fourth-order valence-corrected chi connectivity index (χ4v) is 3.14. The van der Waals surface area contributed by atoms with Crippen LogP contribution >= 0.6 is 0 Å². The third-order valence-electron chi connectivity index (χ3n) is 4.66. The number of rotatable bonds is 8. The van der Waals surface area contributed by atoms with Crippen LogP contribution in [0.2, 0.25) is 0 Å². The molecule has 0 bridgehead atoms. The average molecular weight is 308 g/mol. The van der Waals surface area contributed by atoms with Gasteiger partial charge >= 0.3 is 0 Å². The molecule has 6 nitrogen and oxygen atoms in total. The minimum atomic E-state index is 0.542. The molecule has 124 valence electrons. The molecule has 6 heteroatoms. The predicted octanol–water partition coefficient (Wildman–Crippen LogP) is 1.88. The highest BCUT2D eigenvalue weighted by atomic mass is 16.5. The number of ether oxygens (including phenoxy) is 1. The van der Waals surface area contributed by atoms with E-state index < -0.39 is 0 Å². The SMILES string of the molecule is CCOCCN1CCN(Cc2noc(C3CC3)n2)CC1CC. The standard InChI is InChI=1S/C16H28N4O2/c1-3-14-11-19(7-8-20(14)9-10-21-4-2)12-15-17-16(22-18-15)13-5-6-13/h13-14H,3-12H2,1-2H3. The van der Waals surface area contributed by atoms with E-state index in [-0.39, 0.29) is 0 Å². The number of hydrogen-bond donors (Lipinski definition) is 0. The van der Waals surface area contributed by atoms with E-state index in [0.29, 0.717) is 12.0 Å². The predicted molar refractivity (Wildman–Crippen MR) is 83.7 cm³/mol.